The van der Waals surface area contributed by atoms with Crippen LogP contribution in [0.25, 0.3) is 0 Å². The van der Waals surface area contributed by atoms with E-state index in [2.05, 4.69) is 24.4 Å². The van der Waals surface area contributed by atoms with Gasteiger partial charge in [-0.15, -0.1) is 11.8 Å². The molecule has 1 saturated heterocycles. The number of benzene rings is 1. The van der Waals surface area contributed by atoms with Gasteiger partial charge in [-0.25, -0.2) is 0 Å². The molecule has 1 fully saturated rings. The smallest absolute Gasteiger partial charge is 0.241 e. The summed E-state index contributed by atoms with van der Waals surface area (Å²) in [5.74, 6) is 3.61. The van der Waals surface area contributed by atoms with Crippen molar-refractivity contribution in [2.75, 3.05) is 31.4 Å². The minimum absolute atomic E-state index is 0.0359. The molecule has 0 spiro atoms. The second kappa shape index (κ2) is 5.66. The number of carbonyl (C=O) groups excluding carboxylic acids is 1. The van der Waals surface area contributed by atoms with E-state index < -0.39 is 0 Å². The third kappa shape index (κ3) is 2.34. The molecule has 6 heteroatoms. The summed E-state index contributed by atoms with van der Waals surface area (Å²) in [5, 5.41) is 3.28. The molecule has 2 atom stereocenters. The minimum atomic E-state index is -0.0359. The molecule has 0 radical (unpaired) electrons. The number of fused-ring (bicyclic) bond motifs is 2. The number of ether oxygens (including phenoxy) is 2. The highest BCUT2D eigenvalue weighted by Gasteiger charge is 2.34. The Kier molecular flexibility index (Phi) is 3.66. The molecule has 1 aromatic carbocycles. The topological polar surface area (TPSA) is 50.8 Å². The highest BCUT2D eigenvalue weighted by Crippen LogP contribution is 2.39. The molecule has 1 aromatic rings. The molecule has 0 saturated carbocycles. The highest BCUT2D eigenvalue weighted by atomic mass is 32.2. The van der Waals surface area contributed by atoms with Crippen LogP contribution in [0.15, 0.2) is 12.1 Å². The maximum atomic E-state index is 12.7. The Bertz CT molecular complexity index is 601. The monoisotopic (exact) mass is 320 g/mol. The van der Waals surface area contributed by atoms with Crippen LogP contribution in [0.2, 0.25) is 0 Å². The minimum Gasteiger partial charge on any atom is -0.486 e. The number of amides is 1. The Balaban J connectivity index is 1.61. The predicted molar refractivity (Wildman–Crippen MR) is 85.5 cm³/mol. The van der Waals surface area contributed by atoms with Gasteiger partial charge < -0.3 is 14.4 Å². The fraction of sp³-hybridized carbons (Fsp3) is 0.562. The molecule has 1 amide bonds. The standard InChI is InChI=1S/C16H20N2O3S/c1-10-12-7-15-14(20-4-5-21-15)6-11(12)2-3-18(10)16(19)13-8-22-9-17-13/h6-7,10,13,17H,2-5,8-9H2,1H3. The molecule has 3 aliphatic heterocycles. The van der Waals surface area contributed by atoms with Crippen LogP contribution < -0.4 is 14.8 Å². The lowest BCUT2D eigenvalue weighted by atomic mass is 9.92. The molecule has 4 rings (SSSR count). The van der Waals surface area contributed by atoms with E-state index in [1.807, 2.05) is 4.90 Å². The summed E-state index contributed by atoms with van der Waals surface area (Å²) < 4.78 is 11.4. The third-order valence-corrected chi connectivity index (χ3v) is 5.58. The number of carbonyl (C=O) groups is 1. The van der Waals surface area contributed by atoms with Crippen molar-refractivity contribution >= 4 is 17.7 Å². The van der Waals surface area contributed by atoms with Gasteiger partial charge in [0.25, 0.3) is 0 Å². The zero-order chi connectivity index (χ0) is 15.1. The van der Waals surface area contributed by atoms with Gasteiger partial charge >= 0.3 is 0 Å². The molecule has 0 bridgehead atoms. The lowest BCUT2D eigenvalue weighted by Crippen LogP contribution is -2.48. The van der Waals surface area contributed by atoms with Gasteiger partial charge in [-0.3, -0.25) is 10.1 Å². The van der Waals surface area contributed by atoms with Crippen LogP contribution >= 0.6 is 11.8 Å². The van der Waals surface area contributed by atoms with Crippen LogP contribution in [0.4, 0.5) is 0 Å². The molecule has 5 nitrogen and oxygen atoms in total. The molecule has 1 N–H and O–H groups in total. The largest absolute Gasteiger partial charge is 0.486 e. The maximum Gasteiger partial charge on any atom is 0.241 e. The molecule has 2 unspecified atom stereocenters. The van der Waals surface area contributed by atoms with Crippen LogP contribution in [-0.4, -0.2) is 48.2 Å². The van der Waals surface area contributed by atoms with E-state index in [-0.39, 0.29) is 18.0 Å². The molecule has 3 aliphatic rings. The Hall–Kier alpha value is -1.40. The van der Waals surface area contributed by atoms with Crippen molar-refractivity contribution in [2.45, 2.75) is 25.4 Å². The first kappa shape index (κ1) is 14.2. The first-order valence-electron chi connectivity index (χ1n) is 7.78. The molecule has 22 heavy (non-hydrogen) atoms. The van der Waals surface area contributed by atoms with Crippen LogP contribution in [0, 0.1) is 0 Å². The molecule has 0 aromatic heterocycles. The van der Waals surface area contributed by atoms with E-state index in [4.69, 9.17) is 9.47 Å². The van der Waals surface area contributed by atoms with Crippen molar-refractivity contribution < 1.29 is 14.3 Å². The van der Waals surface area contributed by atoms with Crippen molar-refractivity contribution in [1.82, 2.24) is 10.2 Å². The van der Waals surface area contributed by atoms with Crippen LogP contribution in [0.5, 0.6) is 11.5 Å². The summed E-state index contributed by atoms with van der Waals surface area (Å²) in [4.78, 5) is 14.7. The van der Waals surface area contributed by atoms with E-state index in [1.165, 1.54) is 11.1 Å². The van der Waals surface area contributed by atoms with E-state index in [0.29, 0.717) is 13.2 Å². The number of rotatable bonds is 1. The average Bonchev–Trinajstić information content (AvgIpc) is 3.08. The normalized spacial score (nSPS) is 26.7. The highest BCUT2D eigenvalue weighted by molar-refractivity contribution is 7.99. The number of hydrogen-bond acceptors (Lipinski definition) is 5. The average molecular weight is 320 g/mol. The zero-order valence-corrected chi connectivity index (χ0v) is 13.4. The van der Waals surface area contributed by atoms with Gasteiger partial charge in [-0.05, 0) is 36.6 Å². The van der Waals surface area contributed by atoms with Gasteiger partial charge in [-0.1, -0.05) is 0 Å². The quantitative estimate of drug-likeness (QED) is 0.851. The van der Waals surface area contributed by atoms with Crippen molar-refractivity contribution in [2.24, 2.45) is 0 Å². The van der Waals surface area contributed by atoms with Gasteiger partial charge in [0.2, 0.25) is 5.91 Å². The Morgan fingerprint density at radius 1 is 1.32 bits per heavy atom. The van der Waals surface area contributed by atoms with Crippen molar-refractivity contribution in [3.05, 3.63) is 23.3 Å². The fourth-order valence-electron chi connectivity index (χ4n) is 3.41. The molecule has 0 aliphatic carbocycles. The Morgan fingerprint density at radius 2 is 2.09 bits per heavy atom. The number of nitrogens with one attached hydrogen (secondary N) is 1. The fourth-order valence-corrected chi connectivity index (χ4v) is 4.34. The number of thioether (sulfide) groups is 1. The Morgan fingerprint density at radius 3 is 2.82 bits per heavy atom. The second-order valence-electron chi connectivity index (χ2n) is 5.92. The molecule has 3 heterocycles. The van der Waals surface area contributed by atoms with Gasteiger partial charge in [0.05, 0.1) is 12.1 Å². The lowest BCUT2D eigenvalue weighted by Gasteiger charge is -2.37. The summed E-state index contributed by atoms with van der Waals surface area (Å²) in [7, 11) is 0. The summed E-state index contributed by atoms with van der Waals surface area (Å²) in [6.07, 6.45) is 0.877. The van der Waals surface area contributed by atoms with Crippen molar-refractivity contribution in [3.63, 3.8) is 0 Å². The molecule has 118 valence electrons. The van der Waals surface area contributed by atoms with Crippen LogP contribution in [0.3, 0.4) is 0 Å². The number of hydrogen-bond donors (Lipinski definition) is 1. The molecular formula is C16H20N2O3S. The van der Waals surface area contributed by atoms with Crippen LogP contribution in [0.1, 0.15) is 24.1 Å². The third-order valence-electron chi connectivity index (χ3n) is 4.64. The van der Waals surface area contributed by atoms with Crippen molar-refractivity contribution in [1.29, 1.82) is 0 Å². The van der Waals surface area contributed by atoms with Gasteiger partial charge in [0.1, 0.15) is 13.2 Å². The Labute approximate surface area is 134 Å². The summed E-state index contributed by atoms with van der Waals surface area (Å²) in [5.41, 5.74) is 2.46. The van der Waals surface area contributed by atoms with E-state index in [9.17, 15) is 4.79 Å². The second-order valence-corrected chi connectivity index (χ2v) is 6.95. The van der Waals surface area contributed by atoms with Gasteiger partial charge in [0.15, 0.2) is 11.5 Å². The maximum absolute atomic E-state index is 12.7. The zero-order valence-electron chi connectivity index (χ0n) is 12.6. The summed E-state index contributed by atoms with van der Waals surface area (Å²) in [6.45, 7) is 4.08. The first-order chi connectivity index (χ1) is 10.7. The number of nitrogens with zero attached hydrogens (tertiary/aromatic N) is 1. The van der Waals surface area contributed by atoms with Crippen LogP contribution in [-0.2, 0) is 11.2 Å². The SMILES string of the molecule is CC1c2cc3c(cc2CCN1C(=O)C1CSCN1)OCCO3. The van der Waals surface area contributed by atoms with E-state index in [1.54, 1.807) is 11.8 Å². The summed E-state index contributed by atoms with van der Waals surface area (Å²) in [6, 6.07) is 4.20. The van der Waals surface area contributed by atoms with Gasteiger partial charge in [-0.2, -0.15) is 0 Å². The lowest BCUT2D eigenvalue weighted by molar-refractivity contribution is -0.135. The van der Waals surface area contributed by atoms with E-state index >= 15 is 0 Å². The van der Waals surface area contributed by atoms with Gasteiger partial charge in [0, 0.05) is 18.2 Å². The molecular weight excluding hydrogens is 300 g/mol. The summed E-state index contributed by atoms with van der Waals surface area (Å²) >= 11 is 1.78. The van der Waals surface area contributed by atoms with E-state index in [0.717, 1.165) is 36.1 Å². The predicted octanol–water partition coefficient (Wildman–Crippen LogP) is 1.57. The first-order valence-corrected chi connectivity index (χ1v) is 8.93. The van der Waals surface area contributed by atoms with Crippen molar-refractivity contribution in [3.8, 4) is 11.5 Å².